The Bertz CT molecular complexity index is 973. The molecule has 30 heavy (non-hydrogen) atoms. The number of amides is 1. The molecule has 1 saturated heterocycles. The van der Waals surface area contributed by atoms with Gasteiger partial charge in [-0.2, -0.15) is 0 Å². The van der Waals surface area contributed by atoms with E-state index in [1.165, 1.54) is 0 Å². The fourth-order valence-electron chi connectivity index (χ4n) is 3.76. The van der Waals surface area contributed by atoms with Gasteiger partial charge in [-0.1, -0.05) is 35.9 Å². The molecule has 2 unspecified atom stereocenters. The summed E-state index contributed by atoms with van der Waals surface area (Å²) in [6, 6.07) is 14.3. The van der Waals surface area contributed by atoms with Gasteiger partial charge in [0.05, 0.1) is 10.9 Å². The number of carbonyl (C=O) groups excluding carboxylic acids is 1. The second-order valence-corrected chi connectivity index (χ2v) is 9.92. The number of aryl methyl sites for hydroxylation is 2. The normalized spacial score (nSPS) is 18.7. The van der Waals surface area contributed by atoms with Crippen LogP contribution in [0, 0.1) is 19.8 Å². The molecule has 0 saturated carbocycles. The topological polar surface area (TPSA) is 78.5 Å². The molecule has 6 nitrogen and oxygen atoms in total. The molecule has 1 aliphatic rings. The van der Waals surface area contributed by atoms with Crippen LogP contribution in [-0.4, -0.2) is 44.9 Å². The lowest BCUT2D eigenvalue weighted by molar-refractivity contribution is -0.121. The molecule has 1 amide bonds. The molecule has 0 spiro atoms. The molecule has 2 N–H and O–H groups in total. The first-order valence-corrected chi connectivity index (χ1v) is 11.9. The molecule has 0 radical (unpaired) electrons. The summed E-state index contributed by atoms with van der Waals surface area (Å²) in [5, 5.41) is 3.01. The van der Waals surface area contributed by atoms with Crippen molar-refractivity contribution in [3.63, 3.8) is 0 Å². The molecular formula is C23H31N3O3S. The van der Waals surface area contributed by atoms with Crippen LogP contribution in [0.15, 0.2) is 53.4 Å². The summed E-state index contributed by atoms with van der Waals surface area (Å²) in [5.74, 6) is 0.137. The molecule has 162 valence electrons. The molecule has 3 rings (SSSR count). The van der Waals surface area contributed by atoms with Gasteiger partial charge < -0.3 is 5.32 Å². The average molecular weight is 430 g/mol. The number of nitrogens with zero attached hydrogens (tertiary/aromatic N) is 1. The van der Waals surface area contributed by atoms with Gasteiger partial charge >= 0.3 is 0 Å². The summed E-state index contributed by atoms with van der Waals surface area (Å²) in [5.41, 5.74) is 2.88. The van der Waals surface area contributed by atoms with Gasteiger partial charge in [0.25, 0.3) is 0 Å². The second kappa shape index (κ2) is 9.73. The Hall–Kier alpha value is -2.22. The van der Waals surface area contributed by atoms with Crippen molar-refractivity contribution in [2.75, 3.05) is 25.0 Å². The minimum Gasteiger partial charge on any atom is -0.324 e. The Kier molecular flexibility index (Phi) is 7.28. The van der Waals surface area contributed by atoms with E-state index in [4.69, 9.17) is 0 Å². The maximum atomic E-state index is 12.7. The predicted octanol–water partition coefficient (Wildman–Crippen LogP) is 3.32. The molecule has 2 aromatic rings. The highest BCUT2D eigenvalue weighted by molar-refractivity contribution is 7.89. The van der Waals surface area contributed by atoms with E-state index in [1.54, 1.807) is 24.3 Å². The van der Waals surface area contributed by atoms with Crippen LogP contribution in [0.1, 0.15) is 30.9 Å². The number of carbonyl (C=O) groups is 1. The molecule has 0 bridgehead atoms. The molecule has 2 aromatic carbocycles. The zero-order valence-electron chi connectivity index (χ0n) is 17.9. The zero-order chi connectivity index (χ0) is 21.7. The minimum absolute atomic E-state index is 0.0369. The van der Waals surface area contributed by atoms with Gasteiger partial charge in [-0.05, 0) is 69.8 Å². The van der Waals surface area contributed by atoms with Crippen molar-refractivity contribution >= 4 is 21.6 Å². The first kappa shape index (κ1) is 22.5. The highest BCUT2D eigenvalue weighted by atomic mass is 32.2. The van der Waals surface area contributed by atoms with Crippen molar-refractivity contribution in [2.45, 2.75) is 44.6 Å². The minimum atomic E-state index is -3.52. The van der Waals surface area contributed by atoms with Crippen molar-refractivity contribution in [1.82, 2.24) is 9.62 Å². The summed E-state index contributed by atoms with van der Waals surface area (Å²) in [6.45, 7) is 7.71. The number of piperidine rings is 1. The van der Waals surface area contributed by atoms with Crippen LogP contribution < -0.4 is 10.0 Å². The van der Waals surface area contributed by atoms with E-state index in [2.05, 4.69) is 14.9 Å². The lowest BCUT2D eigenvalue weighted by Gasteiger charge is -2.36. The monoisotopic (exact) mass is 429 g/mol. The molecular weight excluding hydrogens is 398 g/mol. The number of hydrogen-bond donors (Lipinski definition) is 2. The number of nitrogens with one attached hydrogen (secondary N) is 2. The Morgan fingerprint density at radius 2 is 1.83 bits per heavy atom. The third-order valence-electron chi connectivity index (χ3n) is 5.77. The summed E-state index contributed by atoms with van der Waals surface area (Å²) < 4.78 is 27.9. The van der Waals surface area contributed by atoms with Crippen molar-refractivity contribution in [2.24, 2.45) is 5.92 Å². The van der Waals surface area contributed by atoms with Crippen molar-refractivity contribution < 1.29 is 13.2 Å². The van der Waals surface area contributed by atoms with Crippen LogP contribution in [-0.2, 0) is 14.8 Å². The van der Waals surface area contributed by atoms with E-state index < -0.39 is 10.0 Å². The summed E-state index contributed by atoms with van der Waals surface area (Å²) in [6.07, 6.45) is 1.89. The Morgan fingerprint density at radius 3 is 2.53 bits per heavy atom. The fourth-order valence-corrected chi connectivity index (χ4v) is 4.88. The van der Waals surface area contributed by atoms with Gasteiger partial charge in [-0.15, -0.1) is 0 Å². The van der Waals surface area contributed by atoms with Gasteiger partial charge in [0.2, 0.25) is 15.9 Å². The number of anilines is 1. The lowest BCUT2D eigenvalue weighted by atomic mass is 9.97. The molecule has 0 aromatic heterocycles. The molecule has 1 heterocycles. The van der Waals surface area contributed by atoms with Gasteiger partial charge in [0.15, 0.2) is 0 Å². The lowest BCUT2D eigenvalue weighted by Crippen LogP contribution is -2.49. The summed E-state index contributed by atoms with van der Waals surface area (Å²) in [4.78, 5) is 15.2. The second-order valence-electron chi connectivity index (χ2n) is 8.15. The van der Waals surface area contributed by atoms with Crippen LogP contribution in [0.3, 0.4) is 0 Å². The number of sulfonamides is 1. The van der Waals surface area contributed by atoms with Crippen LogP contribution in [0.2, 0.25) is 0 Å². The van der Waals surface area contributed by atoms with Crippen molar-refractivity contribution in [3.05, 3.63) is 59.7 Å². The Morgan fingerprint density at radius 1 is 1.13 bits per heavy atom. The average Bonchev–Trinajstić information content (AvgIpc) is 2.74. The van der Waals surface area contributed by atoms with Gasteiger partial charge in [0.1, 0.15) is 0 Å². The number of hydrogen-bond acceptors (Lipinski definition) is 4. The van der Waals surface area contributed by atoms with E-state index in [0.29, 0.717) is 13.1 Å². The fraction of sp³-hybridized carbons (Fsp3) is 0.435. The summed E-state index contributed by atoms with van der Waals surface area (Å²) in [7, 11) is -3.52. The van der Waals surface area contributed by atoms with E-state index in [9.17, 15) is 13.2 Å². The number of rotatable bonds is 7. The smallest absolute Gasteiger partial charge is 0.241 e. The first-order valence-electron chi connectivity index (χ1n) is 10.4. The Balaban J connectivity index is 1.56. The summed E-state index contributed by atoms with van der Waals surface area (Å²) >= 11 is 0. The van der Waals surface area contributed by atoms with Crippen LogP contribution >= 0.6 is 0 Å². The zero-order valence-corrected chi connectivity index (χ0v) is 18.7. The molecule has 7 heteroatoms. The number of para-hydroxylation sites is 1. The van der Waals surface area contributed by atoms with E-state index in [1.807, 2.05) is 45.0 Å². The number of likely N-dealkylation sites (tertiary alicyclic amines) is 1. The first-order chi connectivity index (χ1) is 14.3. The van der Waals surface area contributed by atoms with E-state index in [-0.39, 0.29) is 22.8 Å². The quantitative estimate of drug-likeness (QED) is 0.708. The molecule has 2 atom stereocenters. The highest BCUT2D eigenvalue weighted by Gasteiger charge is 2.28. The van der Waals surface area contributed by atoms with Gasteiger partial charge in [-0.3, -0.25) is 9.69 Å². The maximum absolute atomic E-state index is 12.7. The SMILES string of the molecule is Cc1ccc(S(=O)(=O)NCC2CCCN(C(C)C(=O)Nc3ccccc3C)C2)cc1. The van der Waals surface area contributed by atoms with Crippen molar-refractivity contribution in [3.8, 4) is 0 Å². The molecule has 0 aliphatic carbocycles. The molecule has 1 fully saturated rings. The third-order valence-corrected chi connectivity index (χ3v) is 7.21. The maximum Gasteiger partial charge on any atom is 0.241 e. The van der Waals surface area contributed by atoms with Crippen LogP contribution in [0.5, 0.6) is 0 Å². The standard InChI is InChI=1S/C23H31N3O3S/c1-17-10-12-21(13-11-17)30(28,29)24-15-20-8-6-14-26(16-20)19(3)23(27)25-22-9-5-4-7-18(22)2/h4-5,7,9-13,19-20,24H,6,8,14-16H2,1-3H3,(H,25,27). The Labute approximate surface area is 179 Å². The third kappa shape index (κ3) is 5.68. The molecule has 1 aliphatic heterocycles. The van der Waals surface area contributed by atoms with E-state index in [0.717, 1.165) is 36.2 Å². The van der Waals surface area contributed by atoms with Crippen LogP contribution in [0.4, 0.5) is 5.69 Å². The van der Waals surface area contributed by atoms with Crippen LogP contribution in [0.25, 0.3) is 0 Å². The highest BCUT2D eigenvalue weighted by Crippen LogP contribution is 2.21. The predicted molar refractivity (Wildman–Crippen MR) is 120 cm³/mol. The largest absolute Gasteiger partial charge is 0.324 e. The number of benzene rings is 2. The van der Waals surface area contributed by atoms with Gasteiger partial charge in [0, 0.05) is 18.8 Å². The van der Waals surface area contributed by atoms with Crippen molar-refractivity contribution in [1.29, 1.82) is 0 Å². The van der Waals surface area contributed by atoms with Gasteiger partial charge in [-0.25, -0.2) is 13.1 Å². The van der Waals surface area contributed by atoms with E-state index >= 15 is 0 Å².